The van der Waals surface area contributed by atoms with Crippen LogP contribution in [0.5, 0.6) is 0 Å². The van der Waals surface area contributed by atoms with Crippen molar-refractivity contribution < 1.29 is 4.79 Å². The molecule has 0 saturated heterocycles. The fraction of sp³-hybridized carbons (Fsp3) is 0.158. The van der Waals surface area contributed by atoms with E-state index in [-0.39, 0.29) is 5.78 Å². The summed E-state index contributed by atoms with van der Waals surface area (Å²) in [6, 6.07) is 15.1. The Morgan fingerprint density at radius 2 is 1.54 bits per heavy atom. The summed E-state index contributed by atoms with van der Waals surface area (Å²) in [6.07, 6.45) is 1.56. The summed E-state index contributed by atoms with van der Waals surface area (Å²) in [5.41, 5.74) is 3.47. The predicted octanol–water partition coefficient (Wildman–Crippen LogP) is 3.63. The number of carbonyl (C=O) groups is 1. The maximum Gasteiger partial charge on any atom is 0.249 e. The third-order valence-electron chi connectivity index (χ3n) is 3.76. The first kappa shape index (κ1) is 17.3. The molecular formula is C19H20N6O. The predicted molar refractivity (Wildman–Crippen MR) is 104 cm³/mol. The van der Waals surface area contributed by atoms with Crippen molar-refractivity contribution in [3.05, 3.63) is 60.3 Å². The third kappa shape index (κ3) is 4.32. The van der Waals surface area contributed by atoms with Crippen LogP contribution in [0.25, 0.3) is 0 Å². The van der Waals surface area contributed by atoms with Gasteiger partial charge in [-0.2, -0.15) is 10.1 Å². The van der Waals surface area contributed by atoms with Gasteiger partial charge in [-0.05, 0) is 55.5 Å². The Morgan fingerprint density at radius 3 is 2.15 bits per heavy atom. The summed E-state index contributed by atoms with van der Waals surface area (Å²) in [5.74, 6) is 0.983. The summed E-state index contributed by atoms with van der Waals surface area (Å²) < 4.78 is 0. The van der Waals surface area contributed by atoms with E-state index in [1.165, 1.54) is 6.92 Å². The zero-order valence-electron chi connectivity index (χ0n) is 14.9. The summed E-state index contributed by atoms with van der Waals surface area (Å²) in [5, 5.41) is 14.2. The molecule has 2 aromatic carbocycles. The molecule has 1 aromatic heterocycles. The first-order valence-corrected chi connectivity index (χ1v) is 8.13. The monoisotopic (exact) mass is 348 g/mol. The minimum atomic E-state index is 0.0287. The number of benzene rings is 2. The van der Waals surface area contributed by atoms with E-state index in [4.69, 9.17) is 0 Å². The zero-order chi connectivity index (χ0) is 18.5. The molecule has 26 heavy (non-hydrogen) atoms. The van der Waals surface area contributed by atoms with Crippen molar-refractivity contribution in [1.29, 1.82) is 0 Å². The molecule has 0 bridgehead atoms. The lowest BCUT2D eigenvalue weighted by atomic mass is 10.1. The van der Waals surface area contributed by atoms with E-state index in [2.05, 4.69) is 25.8 Å². The van der Waals surface area contributed by atoms with Gasteiger partial charge in [0.1, 0.15) is 0 Å². The van der Waals surface area contributed by atoms with E-state index in [1.54, 1.807) is 30.5 Å². The van der Waals surface area contributed by atoms with Crippen LogP contribution in [0.2, 0.25) is 0 Å². The maximum atomic E-state index is 11.3. The van der Waals surface area contributed by atoms with Gasteiger partial charge >= 0.3 is 0 Å². The van der Waals surface area contributed by atoms with Crippen molar-refractivity contribution in [2.24, 2.45) is 0 Å². The van der Waals surface area contributed by atoms with Gasteiger partial charge in [0.25, 0.3) is 0 Å². The number of aromatic nitrogens is 3. The van der Waals surface area contributed by atoms with Crippen LogP contribution in [0.3, 0.4) is 0 Å². The second-order valence-electron chi connectivity index (χ2n) is 5.99. The number of anilines is 5. The van der Waals surface area contributed by atoms with Crippen molar-refractivity contribution >= 4 is 34.6 Å². The number of Topliss-reactive ketones (excluding diaryl/α,β-unsaturated/α-hetero) is 1. The Kier molecular flexibility index (Phi) is 5.07. The fourth-order valence-electron chi connectivity index (χ4n) is 2.32. The molecule has 0 aliphatic rings. The molecule has 0 spiro atoms. The van der Waals surface area contributed by atoms with Gasteiger partial charge in [-0.1, -0.05) is 0 Å². The molecular weight excluding hydrogens is 328 g/mol. The van der Waals surface area contributed by atoms with Crippen molar-refractivity contribution in [3.63, 3.8) is 0 Å². The summed E-state index contributed by atoms with van der Waals surface area (Å²) in [6.45, 7) is 1.54. The van der Waals surface area contributed by atoms with Gasteiger partial charge in [0.15, 0.2) is 11.6 Å². The van der Waals surface area contributed by atoms with Gasteiger partial charge in [-0.15, -0.1) is 5.10 Å². The average Bonchev–Trinajstić information content (AvgIpc) is 2.63. The van der Waals surface area contributed by atoms with Crippen LogP contribution in [-0.4, -0.2) is 35.1 Å². The number of nitrogens with zero attached hydrogens (tertiary/aromatic N) is 4. The van der Waals surface area contributed by atoms with Gasteiger partial charge in [-0.25, -0.2) is 0 Å². The summed E-state index contributed by atoms with van der Waals surface area (Å²) >= 11 is 0. The highest BCUT2D eigenvalue weighted by Gasteiger charge is 2.04. The van der Waals surface area contributed by atoms with Gasteiger partial charge in [-0.3, -0.25) is 4.79 Å². The van der Waals surface area contributed by atoms with E-state index in [9.17, 15) is 4.79 Å². The van der Waals surface area contributed by atoms with E-state index >= 15 is 0 Å². The number of ketones is 1. The molecule has 7 nitrogen and oxygen atoms in total. The molecule has 0 aliphatic carbocycles. The summed E-state index contributed by atoms with van der Waals surface area (Å²) in [7, 11) is 4.00. The molecule has 0 radical (unpaired) electrons. The topological polar surface area (TPSA) is 83.0 Å². The molecule has 0 amide bonds. The van der Waals surface area contributed by atoms with Gasteiger partial charge < -0.3 is 15.5 Å². The lowest BCUT2D eigenvalue weighted by Crippen LogP contribution is -2.08. The Morgan fingerprint density at radius 1 is 0.923 bits per heavy atom. The largest absolute Gasteiger partial charge is 0.378 e. The van der Waals surface area contributed by atoms with Crippen LogP contribution < -0.4 is 15.5 Å². The SMILES string of the molecule is CC(=O)c1ccc(Nc2nncc(Nc3ccc(N(C)C)cc3)n2)cc1. The molecule has 1 heterocycles. The lowest BCUT2D eigenvalue weighted by Gasteiger charge is -2.13. The normalized spacial score (nSPS) is 10.3. The van der Waals surface area contributed by atoms with Gasteiger partial charge in [0.2, 0.25) is 5.95 Å². The molecule has 0 aliphatic heterocycles. The Bertz CT molecular complexity index is 891. The van der Waals surface area contributed by atoms with E-state index in [1.807, 2.05) is 43.3 Å². The highest BCUT2D eigenvalue weighted by Crippen LogP contribution is 2.20. The molecule has 0 saturated carbocycles. The van der Waals surface area contributed by atoms with E-state index in [0.29, 0.717) is 17.3 Å². The Labute approximate surface area is 152 Å². The molecule has 3 rings (SSSR count). The van der Waals surface area contributed by atoms with E-state index < -0.39 is 0 Å². The zero-order valence-corrected chi connectivity index (χ0v) is 14.9. The van der Waals surface area contributed by atoms with E-state index in [0.717, 1.165) is 17.1 Å². The van der Waals surface area contributed by atoms with Crippen LogP contribution in [0.1, 0.15) is 17.3 Å². The van der Waals surface area contributed by atoms with Crippen LogP contribution in [0.15, 0.2) is 54.7 Å². The average molecular weight is 348 g/mol. The van der Waals surface area contributed by atoms with Crippen molar-refractivity contribution in [1.82, 2.24) is 15.2 Å². The molecule has 0 atom stereocenters. The Hall–Kier alpha value is -3.48. The van der Waals surface area contributed by atoms with Crippen LogP contribution in [-0.2, 0) is 0 Å². The highest BCUT2D eigenvalue weighted by molar-refractivity contribution is 5.94. The van der Waals surface area contributed by atoms with Crippen LogP contribution in [0, 0.1) is 0 Å². The second-order valence-corrected chi connectivity index (χ2v) is 5.99. The molecule has 7 heteroatoms. The maximum absolute atomic E-state index is 11.3. The first-order valence-electron chi connectivity index (χ1n) is 8.13. The molecule has 132 valence electrons. The summed E-state index contributed by atoms with van der Waals surface area (Å²) in [4.78, 5) is 17.8. The first-order chi connectivity index (χ1) is 12.5. The number of carbonyl (C=O) groups excluding carboxylic acids is 1. The van der Waals surface area contributed by atoms with Gasteiger partial charge in [0, 0.05) is 36.7 Å². The molecule has 0 unspecified atom stereocenters. The second kappa shape index (κ2) is 7.60. The van der Waals surface area contributed by atoms with Crippen molar-refractivity contribution in [3.8, 4) is 0 Å². The van der Waals surface area contributed by atoms with Crippen LogP contribution >= 0.6 is 0 Å². The standard InChI is InChI=1S/C19H20N6O/c1-13(26)14-4-6-16(7-5-14)22-19-23-18(12-20-24-19)21-15-8-10-17(11-9-15)25(2)3/h4-12H,1-3H3,(H2,21,22,23,24). The minimum Gasteiger partial charge on any atom is -0.378 e. The smallest absolute Gasteiger partial charge is 0.249 e. The van der Waals surface area contributed by atoms with Gasteiger partial charge in [0.05, 0.1) is 6.20 Å². The molecule has 2 N–H and O–H groups in total. The number of rotatable bonds is 6. The van der Waals surface area contributed by atoms with Crippen molar-refractivity contribution in [2.45, 2.75) is 6.92 Å². The van der Waals surface area contributed by atoms with Crippen molar-refractivity contribution in [2.75, 3.05) is 29.6 Å². The number of hydrogen-bond acceptors (Lipinski definition) is 7. The minimum absolute atomic E-state index is 0.0287. The Balaban J connectivity index is 1.70. The highest BCUT2D eigenvalue weighted by atomic mass is 16.1. The lowest BCUT2D eigenvalue weighted by molar-refractivity contribution is 0.101. The molecule has 3 aromatic rings. The number of hydrogen-bond donors (Lipinski definition) is 2. The quantitative estimate of drug-likeness (QED) is 0.658. The third-order valence-corrected chi connectivity index (χ3v) is 3.76. The fourth-order valence-corrected chi connectivity index (χ4v) is 2.32. The number of nitrogens with one attached hydrogen (secondary N) is 2. The van der Waals surface area contributed by atoms with Crippen LogP contribution in [0.4, 0.5) is 28.8 Å². The molecule has 0 fully saturated rings.